The molecule has 1 aliphatic rings. The summed E-state index contributed by atoms with van der Waals surface area (Å²) in [6.45, 7) is 5.09. The van der Waals surface area contributed by atoms with Crippen LogP contribution in [0.15, 0.2) is 17.6 Å². The zero-order valence-corrected chi connectivity index (χ0v) is 12.9. The first-order chi connectivity index (χ1) is 9.36. The lowest BCUT2D eigenvalue weighted by Crippen LogP contribution is -2.39. The van der Waals surface area contributed by atoms with Crippen LogP contribution in [0.2, 0.25) is 0 Å². The fourth-order valence-corrected chi connectivity index (χ4v) is 3.40. The molecule has 0 unspecified atom stereocenters. The van der Waals surface area contributed by atoms with Gasteiger partial charge in [-0.15, -0.1) is 0 Å². The summed E-state index contributed by atoms with van der Waals surface area (Å²) in [6, 6.07) is 0. The smallest absolute Gasteiger partial charge is 0.227 e. The minimum Gasteiger partial charge on any atom is -0.390 e. The molecule has 0 radical (unpaired) electrons. The molecule has 2 heterocycles. The lowest BCUT2D eigenvalue weighted by atomic mass is 9.99. The molecule has 1 saturated heterocycles. The van der Waals surface area contributed by atoms with E-state index in [4.69, 9.17) is 0 Å². The fraction of sp³-hybridized carbons (Fsp3) is 0.769. The highest BCUT2D eigenvalue weighted by Gasteiger charge is 2.20. The quantitative estimate of drug-likeness (QED) is 0.851. The Morgan fingerprint density at radius 1 is 1.40 bits per heavy atom. The number of aliphatic hydroxyl groups is 1. The highest BCUT2D eigenvalue weighted by atomic mass is 32.2. The van der Waals surface area contributed by atoms with Crippen LogP contribution in [-0.2, 0) is 16.4 Å². The van der Waals surface area contributed by atoms with Crippen LogP contribution in [0.25, 0.3) is 0 Å². The standard InChI is InChI=1S/C13H23N3O3S/c1-11-3-6-15(7-4-11)9-12(17)10-16-8-5-14-13(16)20(2,18)19/h5,8,11-12,17H,3-4,6-7,9-10H2,1-2H3/t12-/m1/s1. The number of sulfone groups is 1. The Bertz CT molecular complexity index is 533. The van der Waals surface area contributed by atoms with Crippen molar-refractivity contribution < 1.29 is 13.5 Å². The molecule has 0 amide bonds. The molecule has 1 aromatic heterocycles. The van der Waals surface area contributed by atoms with E-state index in [2.05, 4.69) is 16.8 Å². The van der Waals surface area contributed by atoms with Crippen LogP contribution in [0.3, 0.4) is 0 Å². The van der Waals surface area contributed by atoms with Gasteiger partial charge >= 0.3 is 0 Å². The van der Waals surface area contributed by atoms with Crippen LogP contribution in [0, 0.1) is 5.92 Å². The summed E-state index contributed by atoms with van der Waals surface area (Å²) in [6.07, 6.45) is 5.91. The number of aliphatic hydroxyl groups excluding tert-OH is 1. The molecule has 7 heteroatoms. The normalized spacial score (nSPS) is 20.1. The topological polar surface area (TPSA) is 75.4 Å². The molecule has 1 aliphatic heterocycles. The first-order valence-corrected chi connectivity index (χ1v) is 8.87. The summed E-state index contributed by atoms with van der Waals surface area (Å²) in [4.78, 5) is 6.09. The first-order valence-electron chi connectivity index (χ1n) is 6.98. The highest BCUT2D eigenvalue weighted by molar-refractivity contribution is 7.90. The SMILES string of the molecule is CC1CCN(C[C@@H](O)Cn2ccnc2S(C)(=O)=O)CC1. The van der Waals surface area contributed by atoms with Gasteiger partial charge in [0.05, 0.1) is 12.6 Å². The number of aromatic nitrogens is 2. The van der Waals surface area contributed by atoms with Crippen molar-refractivity contribution in [2.75, 3.05) is 25.9 Å². The van der Waals surface area contributed by atoms with Gasteiger partial charge in [-0.25, -0.2) is 13.4 Å². The predicted molar refractivity (Wildman–Crippen MR) is 76.2 cm³/mol. The van der Waals surface area contributed by atoms with E-state index in [1.54, 1.807) is 6.20 Å². The van der Waals surface area contributed by atoms with Crippen molar-refractivity contribution in [2.24, 2.45) is 5.92 Å². The van der Waals surface area contributed by atoms with Gasteiger partial charge in [-0.1, -0.05) is 6.92 Å². The van der Waals surface area contributed by atoms with Crippen molar-refractivity contribution in [3.63, 3.8) is 0 Å². The van der Waals surface area contributed by atoms with Crippen molar-refractivity contribution in [1.29, 1.82) is 0 Å². The zero-order valence-electron chi connectivity index (χ0n) is 12.1. The van der Waals surface area contributed by atoms with E-state index >= 15 is 0 Å². The van der Waals surface area contributed by atoms with E-state index in [0.29, 0.717) is 6.54 Å². The number of imidazole rings is 1. The van der Waals surface area contributed by atoms with E-state index in [9.17, 15) is 13.5 Å². The largest absolute Gasteiger partial charge is 0.390 e. The Morgan fingerprint density at radius 3 is 2.65 bits per heavy atom. The maximum atomic E-state index is 11.5. The third kappa shape index (κ3) is 4.04. The van der Waals surface area contributed by atoms with Gasteiger partial charge in [0, 0.05) is 25.2 Å². The van der Waals surface area contributed by atoms with Gasteiger partial charge < -0.3 is 14.6 Å². The van der Waals surface area contributed by atoms with E-state index in [1.165, 1.54) is 10.8 Å². The maximum absolute atomic E-state index is 11.5. The van der Waals surface area contributed by atoms with Crippen LogP contribution < -0.4 is 0 Å². The van der Waals surface area contributed by atoms with Gasteiger partial charge in [0.15, 0.2) is 0 Å². The fourth-order valence-electron chi connectivity index (χ4n) is 2.59. The Balaban J connectivity index is 1.92. The van der Waals surface area contributed by atoms with Gasteiger partial charge in [-0.05, 0) is 31.8 Å². The Kier molecular flexibility index (Phi) is 4.82. The Morgan fingerprint density at radius 2 is 2.05 bits per heavy atom. The van der Waals surface area contributed by atoms with E-state index < -0.39 is 15.9 Å². The number of nitrogens with zero attached hydrogens (tertiary/aromatic N) is 3. The number of hydrogen-bond acceptors (Lipinski definition) is 5. The summed E-state index contributed by atoms with van der Waals surface area (Å²) in [5.41, 5.74) is 0. The second kappa shape index (κ2) is 6.24. The van der Waals surface area contributed by atoms with Crippen molar-refractivity contribution in [1.82, 2.24) is 14.5 Å². The summed E-state index contributed by atoms with van der Waals surface area (Å²) in [7, 11) is -3.35. The van der Waals surface area contributed by atoms with Gasteiger partial charge in [-0.2, -0.15) is 0 Å². The van der Waals surface area contributed by atoms with Crippen LogP contribution in [0.1, 0.15) is 19.8 Å². The lowest BCUT2D eigenvalue weighted by Gasteiger charge is -2.31. The molecule has 0 bridgehead atoms. The van der Waals surface area contributed by atoms with Crippen molar-refractivity contribution in [2.45, 2.75) is 37.6 Å². The third-order valence-electron chi connectivity index (χ3n) is 3.76. The lowest BCUT2D eigenvalue weighted by molar-refractivity contribution is 0.0784. The van der Waals surface area contributed by atoms with E-state index in [0.717, 1.165) is 38.1 Å². The van der Waals surface area contributed by atoms with Crippen molar-refractivity contribution in [3.05, 3.63) is 12.4 Å². The van der Waals surface area contributed by atoms with Gasteiger partial charge in [-0.3, -0.25) is 0 Å². The maximum Gasteiger partial charge on any atom is 0.227 e. The van der Waals surface area contributed by atoms with Gasteiger partial charge in [0.1, 0.15) is 0 Å². The Labute approximate surface area is 120 Å². The molecule has 1 fully saturated rings. The third-order valence-corrected chi connectivity index (χ3v) is 4.76. The zero-order chi connectivity index (χ0) is 14.8. The minimum absolute atomic E-state index is 0.0174. The molecule has 20 heavy (non-hydrogen) atoms. The molecule has 1 aromatic rings. The number of piperidine rings is 1. The van der Waals surface area contributed by atoms with Gasteiger partial charge in [0.2, 0.25) is 15.0 Å². The molecule has 1 N–H and O–H groups in total. The molecule has 114 valence electrons. The predicted octanol–water partition coefficient (Wildman–Crippen LogP) is 0.379. The second-order valence-corrected chi connectivity index (χ2v) is 7.68. The molecular formula is C13H23N3O3S. The first kappa shape index (κ1) is 15.5. The molecule has 0 saturated carbocycles. The Hall–Kier alpha value is -0.920. The van der Waals surface area contributed by atoms with E-state index in [-0.39, 0.29) is 11.7 Å². The molecule has 1 atom stereocenters. The second-order valence-electron chi connectivity index (χ2n) is 5.77. The molecular weight excluding hydrogens is 278 g/mol. The number of rotatable bonds is 5. The average Bonchev–Trinajstić information content (AvgIpc) is 2.80. The molecule has 0 spiro atoms. The van der Waals surface area contributed by atoms with Gasteiger partial charge in [0.25, 0.3) is 0 Å². The number of β-amino-alcohol motifs (C(OH)–C–C–N with tert-alkyl or cyclic N) is 1. The molecule has 0 aromatic carbocycles. The molecule has 2 rings (SSSR count). The monoisotopic (exact) mass is 301 g/mol. The number of hydrogen-bond donors (Lipinski definition) is 1. The molecule has 6 nitrogen and oxygen atoms in total. The summed E-state index contributed by atoms with van der Waals surface area (Å²) >= 11 is 0. The van der Waals surface area contributed by atoms with Crippen LogP contribution in [0.5, 0.6) is 0 Å². The van der Waals surface area contributed by atoms with Crippen LogP contribution in [-0.4, -0.2) is 60.0 Å². The summed E-state index contributed by atoms with van der Waals surface area (Å²) in [5, 5.41) is 10.2. The van der Waals surface area contributed by atoms with Crippen LogP contribution in [0.4, 0.5) is 0 Å². The summed E-state index contributed by atoms with van der Waals surface area (Å²) in [5.74, 6) is 0.758. The molecule has 0 aliphatic carbocycles. The van der Waals surface area contributed by atoms with E-state index in [1.807, 2.05) is 0 Å². The van der Waals surface area contributed by atoms with Crippen molar-refractivity contribution >= 4 is 9.84 Å². The number of likely N-dealkylation sites (tertiary alicyclic amines) is 1. The van der Waals surface area contributed by atoms with Crippen molar-refractivity contribution in [3.8, 4) is 0 Å². The summed E-state index contributed by atoms with van der Waals surface area (Å²) < 4.78 is 24.6. The average molecular weight is 301 g/mol. The highest BCUT2D eigenvalue weighted by Crippen LogP contribution is 2.16. The van der Waals surface area contributed by atoms with Crippen LogP contribution >= 0.6 is 0 Å². The minimum atomic E-state index is -3.35.